The van der Waals surface area contributed by atoms with Gasteiger partial charge in [-0.25, -0.2) is 4.79 Å². The first-order chi connectivity index (χ1) is 8.65. The van der Waals surface area contributed by atoms with E-state index in [1.54, 1.807) is 0 Å². The minimum absolute atomic E-state index is 0.438. The molecular formula is C15H17BrO2. The topological polar surface area (TPSA) is 37.3 Å². The fourth-order valence-electron chi connectivity index (χ4n) is 2.60. The summed E-state index contributed by atoms with van der Waals surface area (Å²) in [6.45, 7) is 0. The lowest BCUT2D eigenvalue weighted by Crippen LogP contribution is -2.12. The summed E-state index contributed by atoms with van der Waals surface area (Å²) in [5.74, 6) is 0.227. The number of carboxylic acid groups (broad SMARTS) is 1. The number of hydrogen-bond donors (Lipinski definition) is 1. The maximum Gasteiger partial charge on any atom is 0.327 e. The molecule has 1 aromatic rings. The summed E-state index contributed by atoms with van der Waals surface area (Å²) in [6, 6.07) is 8.54. The van der Waals surface area contributed by atoms with Gasteiger partial charge in [0.15, 0.2) is 0 Å². The second kappa shape index (κ2) is 6.19. The summed E-state index contributed by atoms with van der Waals surface area (Å²) in [5.41, 5.74) is 1.40. The van der Waals surface area contributed by atoms with Crippen molar-refractivity contribution >= 4 is 21.9 Å². The van der Waals surface area contributed by atoms with Crippen molar-refractivity contribution in [2.24, 2.45) is 5.92 Å². The van der Waals surface area contributed by atoms with Gasteiger partial charge in [-0.15, -0.1) is 0 Å². The standard InChI is InChI=1S/C15H17BrO2/c16-14-8-6-13(7-9-14)12-4-1-11(2-5-12)3-10-15(17)18/h3,6-12H,1-2,4-5H2,(H,17,18). The number of benzene rings is 1. The molecule has 0 heterocycles. The predicted molar refractivity (Wildman–Crippen MR) is 75.6 cm³/mol. The molecule has 0 radical (unpaired) electrons. The summed E-state index contributed by atoms with van der Waals surface area (Å²) in [6.07, 6.45) is 7.60. The zero-order valence-corrected chi connectivity index (χ0v) is 11.8. The normalized spacial score (nSPS) is 24.3. The Morgan fingerprint density at radius 3 is 2.33 bits per heavy atom. The summed E-state index contributed by atoms with van der Waals surface area (Å²) in [5, 5.41) is 8.61. The van der Waals surface area contributed by atoms with E-state index in [4.69, 9.17) is 5.11 Å². The second-order valence-corrected chi connectivity index (χ2v) is 5.78. The molecule has 1 N–H and O–H groups in total. The summed E-state index contributed by atoms with van der Waals surface area (Å²) in [7, 11) is 0. The van der Waals surface area contributed by atoms with Crippen molar-refractivity contribution in [2.75, 3.05) is 0 Å². The number of rotatable bonds is 3. The van der Waals surface area contributed by atoms with Crippen LogP contribution in [0.4, 0.5) is 0 Å². The van der Waals surface area contributed by atoms with Gasteiger partial charge in [-0.1, -0.05) is 34.1 Å². The Hall–Kier alpha value is -1.09. The first kappa shape index (κ1) is 13.3. The average molecular weight is 309 g/mol. The molecule has 18 heavy (non-hydrogen) atoms. The van der Waals surface area contributed by atoms with Crippen molar-refractivity contribution in [1.29, 1.82) is 0 Å². The highest BCUT2D eigenvalue weighted by Crippen LogP contribution is 2.36. The molecule has 3 heteroatoms. The van der Waals surface area contributed by atoms with Crippen LogP contribution in [0.2, 0.25) is 0 Å². The monoisotopic (exact) mass is 308 g/mol. The van der Waals surface area contributed by atoms with Crippen LogP contribution in [0, 0.1) is 5.92 Å². The molecule has 1 fully saturated rings. The quantitative estimate of drug-likeness (QED) is 0.842. The lowest BCUT2D eigenvalue weighted by Gasteiger charge is -2.27. The van der Waals surface area contributed by atoms with Gasteiger partial charge >= 0.3 is 5.97 Å². The van der Waals surface area contributed by atoms with Gasteiger partial charge in [-0.3, -0.25) is 0 Å². The summed E-state index contributed by atoms with van der Waals surface area (Å²) >= 11 is 3.45. The Bertz CT molecular complexity index is 428. The van der Waals surface area contributed by atoms with E-state index >= 15 is 0 Å². The zero-order chi connectivity index (χ0) is 13.0. The molecule has 0 bridgehead atoms. The van der Waals surface area contributed by atoms with Crippen molar-refractivity contribution in [2.45, 2.75) is 31.6 Å². The van der Waals surface area contributed by atoms with E-state index in [-0.39, 0.29) is 0 Å². The maximum atomic E-state index is 10.5. The number of hydrogen-bond acceptors (Lipinski definition) is 1. The third-order valence-electron chi connectivity index (χ3n) is 3.62. The minimum Gasteiger partial charge on any atom is -0.478 e. The lowest BCUT2D eigenvalue weighted by atomic mass is 9.78. The molecule has 0 aliphatic heterocycles. The van der Waals surface area contributed by atoms with E-state index in [1.807, 2.05) is 6.08 Å². The molecule has 0 aromatic heterocycles. The third-order valence-corrected chi connectivity index (χ3v) is 4.15. The molecule has 0 unspecified atom stereocenters. The van der Waals surface area contributed by atoms with Crippen LogP contribution in [-0.2, 0) is 4.79 Å². The first-order valence-electron chi connectivity index (χ1n) is 6.32. The van der Waals surface area contributed by atoms with E-state index < -0.39 is 5.97 Å². The highest BCUT2D eigenvalue weighted by molar-refractivity contribution is 9.10. The first-order valence-corrected chi connectivity index (χ1v) is 7.11. The van der Waals surface area contributed by atoms with Gasteiger partial charge in [-0.2, -0.15) is 0 Å². The Kier molecular flexibility index (Phi) is 4.59. The molecule has 1 aliphatic carbocycles. The summed E-state index contributed by atoms with van der Waals surface area (Å²) < 4.78 is 1.12. The van der Waals surface area contributed by atoms with Crippen molar-refractivity contribution in [1.82, 2.24) is 0 Å². The maximum absolute atomic E-state index is 10.5. The van der Waals surface area contributed by atoms with Gasteiger partial charge in [-0.05, 0) is 55.2 Å². The van der Waals surface area contributed by atoms with E-state index in [1.165, 1.54) is 11.6 Å². The van der Waals surface area contributed by atoms with E-state index in [0.717, 1.165) is 30.2 Å². The Balaban J connectivity index is 1.90. The molecule has 0 saturated heterocycles. The lowest BCUT2D eigenvalue weighted by molar-refractivity contribution is -0.131. The molecule has 96 valence electrons. The van der Waals surface area contributed by atoms with Crippen LogP contribution >= 0.6 is 15.9 Å². The van der Waals surface area contributed by atoms with Crippen molar-refractivity contribution < 1.29 is 9.90 Å². The van der Waals surface area contributed by atoms with Gasteiger partial charge in [0.25, 0.3) is 0 Å². The minimum atomic E-state index is -0.843. The molecule has 0 atom stereocenters. The van der Waals surface area contributed by atoms with E-state index in [0.29, 0.717) is 11.8 Å². The van der Waals surface area contributed by atoms with Crippen LogP contribution in [0.25, 0.3) is 0 Å². The van der Waals surface area contributed by atoms with Gasteiger partial charge in [0, 0.05) is 10.5 Å². The number of aliphatic carboxylic acids is 1. The highest BCUT2D eigenvalue weighted by atomic mass is 79.9. The van der Waals surface area contributed by atoms with E-state index in [9.17, 15) is 4.79 Å². The smallest absolute Gasteiger partial charge is 0.327 e. The molecule has 1 aromatic carbocycles. The molecular weight excluding hydrogens is 292 g/mol. The van der Waals surface area contributed by atoms with Crippen LogP contribution in [0.15, 0.2) is 40.9 Å². The van der Waals surface area contributed by atoms with Gasteiger partial charge in [0.2, 0.25) is 0 Å². The van der Waals surface area contributed by atoms with Crippen LogP contribution < -0.4 is 0 Å². The molecule has 2 rings (SSSR count). The highest BCUT2D eigenvalue weighted by Gasteiger charge is 2.20. The Morgan fingerprint density at radius 1 is 1.17 bits per heavy atom. The van der Waals surface area contributed by atoms with Crippen molar-refractivity contribution in [3.8, 4) is 0 Å². The van der Waals surface area contributed by atoms with Crippen LogP contribution in [-0.4, -0.2) is 11.1 Å². The second-order valence-electron chi connectivity index (χ2n) is 4.86. The molecule has 2 nitrogen and oxygen atoms in total. The van der Waals surface area contributed by atoms with Crippen LogP contribution in [0.3, 0.4) is 0 Å². The fraction of sp³-hybridized carbons (Fsp3) is 0.400. The van der Waals surface area contributed by atoms with Crippen LogP contribution in [0.1, 0.15) is 37.2 Å². The van der Waals surface area contributed by atoms with Crippen molar-refractivity contribution in [3.05, 3.63) is 46.5 Å². The molecule has 1 aliphatic rings. The number of carbonyl (C=O) groups is 1. The van der Waals surface area contributed by atoms with E-state index in [2.05, 4.69) is 40.2 Å². The molecule has 1 saturated carbocycles. The van der Waals surface area contributed by atoms with Gasteiger partial charge < -0.3 is 5.11 Å². The number of halogens is 1. The number of allylic oxidation sites excluding steroid dienone is 1. The zero-order valence-electron chi connectivity index (χ0n) is 10.2. The predicted octanol–water partition coefficient (Wildman–Crippen LogP) is 4.36. The number of carboxylic acids is 1. The fourth-order valence-corrected chi connectivity index (χ4v) is 2.86. The molecule has 0 amide bonds. The Morgan fingerprint density at radius 2 is 1.78 bits per heavy atom. The van der Waals surface area contributed by atoms with Crippen LogP contribution in [0.5, 0.6) is 0 Å². The van der Waals surface area contributed by atoms with Gasteiger partial charge in [0.05, 0.1) is 0 Å². The van der Waals surface area contributed by atoms with Gasteiger partial charge in [0.1, 0.15) is 0 Å². The Labute approximate surface area is 116 Å². The average Bonchev–Trinajstić information content (AvgIpc) is 2.38. The molecule has 0 spiro atoms. The van der Waals surface area contributed by atoms with Crippen molar-refractivity contribution in [3.63, 3.8) is 0 Å². The SMILES string of the molecule is O=C(O)C=CC1CCC(c2ccc(Br)cc2)CC1. The summed E-state index contributed by atoms with van der Waals surface area (Å²) in [4.78, 5) is 10.5. The largest absolute Gasteiger partial charge is 0.478 e. The third kappa shape index (κ3) is 3.70.